The summed E-state index contributed by atoms with van der Waals surface area (Å²) in [5.41, 5.74) is 1.35. The van der Waals surface area contributed by atoms with Crippen molar-refractivity contribution >= 4 is 27.3 Å². The van der Waals surface area contributed by atoms with Crippen molar-refractivity contribution < 1.29 is 12.8 Å². The number of fused-ring (bicyclic) bond motifs is 1. The van der Waals surface area contributed by atoms with Crippen LogP contribution in [0, 0.1) is 5.82 Å². The quantitative estimate of drug-likeness (QED) is 0.855. The Bertz CT molecular complexity index is 796. The van der Waals surface area contributed by atoms with Crippen LogP contribution in [0.15, 0.2) is 48.5 Å². The molecule has 122 valence electrons. The highest BCUT2D eigenvalue weighted by molar-refractivity contribution is 7.95. The van der Waals surface area contributed by atoms with Crippen molar-refractivity contribution in [2.24, 2.45) is 0 Å². The molecule has 1 heterocycles. The van der Waals surface area contributed by atoms with Crippen molar-refractivity contribution in [3.63, 3.8) is 0 Å². The Morgan fingerprint density at radius 3 is 2.52 bits per heavy atom. The summed E-state index contributed by atoms with van der Waals surface area (Å²) in [4.78, 5) is 0. The molecule has 0 unspecified atom stereocenters. The maximum absolute atomic E-state index is 13.7. The summed E-state index contributed by atoms with van der Waals surface area (Å²) in [7, 11) is -1.95. The smallest absolute Gasteiger partial charge is 0.320 e. The summed E-state index contributed by atoms with van der Waals surface area (Å²) in [5.74, 6) is -0.461. The number of nitrogens with zero attached hydrogens (tertiary/aromatic N) is 2. The minimum absolute atomic E-state index is 0.338. The zero-order valence-corrected chi connectivity index (χ0v) is 13.6. The molecular weight excluding hydrogens is 317 g/mol. The van der Waals surface area contributed by atoms with Gasteiger partial charge in [0.15, 0.2) is 0 Å². The lowest BCUT2D eigenvalue weighted by Gasteiger charge is -2.21. The molecule has 0 aromatic heterocycles. The van der Waals surface area contributed by atoms with Crippen LogP contribution in [0.3, 0.4) is 0 Å². The SMILES string of the molecule is CNCCCN1c2ccc(F)cc2N(c2ccccc2)S1(=O)=O. The van der Waals surface area contributed by atoms with Crippen LogP contribution in [0.5, 0.6) is 0 Å². The van der Waals surface area contributed by atoms with Crippen LogP contribution in [0.2, 0.25) is 0 Å². The number of hydrogen-bond acceptors (Lipinski definition) is 3. The summed E-state index contributed by atoms with van der Waals surface area (Å²) >= 11 is 0. The van der Waals surface area contributed by atoms with E-state index < -0.39 is 16.0 Å². The molecule has 0 saturated heterocycles. The second-order valence-corrected chi connectivity index (χ2v) is 6.97. The maximum atomic E-state index is 13.7. The van der Waals surface area contributed by atoms with Gasteiger partial charge in [-0.25, -0.2) is 8.70 Å². The third-order valence-corrected chi connectivity index (χ3v) is 5.52. The van der Waals surface area contributed by atoms with Gasteiger partial charge in [0.1, 0.15) is 5.82 Å². The van der Waals surface area contributed by atoms with Gasteiger partial charge in [0.05, 0.1) is 17.1 Å². The molecule has 0 bridgehead atoms. The van der Waals surface area contributed by atoms with Gasteiger partial charge in [-0.3, -0.25) is 4.31 Å². The minimum Gasteiger partial charge on any atom is -0.320 e. The van der Waals surface area contributed by atoms with Crippen molar-refractivity contribution in [2.45, 2.75) is 6.42 Å². The average molecular weight is 335 g/mol. The monoisotopic (exact) mass is 335 g/mol. The Kier molecular flexibility index (Phi) is 4.23. The van der Waals surface area contributed by atoms with E-state index in [1.807, 2.05) is 13.1 Å². The van der Waals surface area contributed by atoms with Gasteiger partial charge in [-0.05, 0) is 44.3 Å². The Morgan fingerprint density at radius 1 is 1.09 bits per heavy atom. The maximum Gasteiger partial charge on any atom is 0.330 e. The summed E-state index contributed by atoms with van der Waals surface area (Å²) in [5, 5.41) is 3.00. The normalized spacial score (nSPS) is 15.7. The van der Waals surface area contributed by atoms with Gasteiger partial charge < -0.3 is 5.32 Å². The highest BCUT2D eigenvalue weighted by Gasteiger charge is 2.41. The minimum atomic E-state index is -3.77. The van der Waals surface area contributed by atoms with Crippen LogP contribution >= 0.6 is 0 Å². The summed E-state index contributed by atoms with van der Waals surface area (Å²) in [6.45, 7) is 1.04. The zero-order chi connectivity index (χ0) is 16.4. The number of nitrogens with one attached hydrogen (secondary N) is 1. The topological polar surface area (TPSA) is 52.6 Å². The molecule has 5 nitrogen and oxygen atoms in total. The molecule has 0 fully saturated rings. The molecule has 23 heavy (non-hydrogen) atoms. The number of hydrogen-bond donors (Lipinski definition) is 1. The van der Waals surface area contributed by atoms with Crippen molar-refractivity contribution in [3.05, 3.63) is 54.3 Å². The average Bonchev–Trinajstić information content (AvgIpc) is 2.75. The fraction of sp³-hybridized carbons (Fsp3) is 0.250. The second-order valence-electron chi connectivity index (χ2n) is 5.27. The molecule has 0 spiro atoms. The molecule has 0 aliphatic carbocycles. The van der Waals surface area contributed by atoms with Crippen LogP contribution < -0.4 is 13.9 Å². The van der Waals surface area contributed by atoms with Gasteiger partial charge in [-0.15, -0.1) is 0 Å². The van der Waals surface area contributed by atoms with E-state index in [-0.39, 0.29) is 0 Å². The molecule has 1 N–H and O–H groups in total. The van der Waals surface area contributed by atoms with Gasteiger partial charge in [0, 0.05) is 12.6 Å². The van der Waals surface area contributed by atoms with E-state index in [1.54, 1.807) is 24.3 Å². The molecule has 0 radical (unpaired) electrons. The molecule has 0 atom stereocenters. The molecule has 1 aliphatic rings. The van der Waals surface area contributed by atoms with E-state index in [9.17, 15) is 12.8 Å². The third-order valence-electron chi connectivity index (χ3n) is 3.71. The van der Waals surface area contributed by atoms with Gasteiger partial charge in [0.2, 0.25) is 0 Å². The first-order chi connectivity index (χ1) is 11.1. The van der Waals surface area contributed by atoms with Crippen molar-refractivity contribution in [1.29, 1.82) is 0 Å². The Hall–Kier alpha value is -2.12. The van der Waals surface area contributed by atoms with Crippen LogP contribution in [0.25, 0.3) is 0 Å². The summed E-state index contributed by atoms with van der Waals surface area (Å²) in [6.07, 6.45) is 0.662. The summed E-state index contributed by atoms with van der Waals surface area (Å²) < 4.78 is 42.2. The number of anilines is 3. The van der Waals surface area contributed by atoms with Gasteiger partial charge in [0.25, 0.3) is 0 Å². The summed E-state index contributed by atoms with van der Waals surface area (Å²) in [6, 6.07) is 12.8. The molecule has 2 aromatic carbocycles. The Balaban J connectivity index is 2.09. The second kappa shape index (κ2) is 6.17. The fourth-order valence-electron chi connectivity index (χ4n) is 2.69. The lowest BCUT2D eigenvalue weighted by molar-refractivity contribution is 0.591. The lowest BCUT2D eigenvalue weighted by atomic mass is 10.2. The van der Waals surface area contributed by atoms with E-state index in [0.29, 0.717) is 36.6 Å². The van der Waals surface area contributed by atoms with Gasteiger partial charge in [-0.2, -0.15) is 8.42 Å². The Morgan fingerprint density at radius 2 is 1.83 bits per heavy atom. The van der Waals surface area contributed by atoms with Crippen LogP contribution in [0.4, 0.5) is 21.5 Å². The molecule has 3 rings (SSSR count). The molecule has 2 aromatic rings. The Labute approximate surface area is 135 Å². The standard InChI is InChI=1S/C16H18FN3O2S/c1-18-10-5-11-19-15-9-8-13(17)12-16(15)20(23(19,21)22)14-6-3-2-4-7-14/h2-4,6-9,12,18H,5,10-11H2,1H3. The van der Waals surface area contributed by atoms with Crippen LogP contribution in [0.1, 0.15) is 6.42 Å². The van der Waals surface area contributed by atoms with Gasteiger partial charge in [-0.1, -0.05) is 18.2 Å². The molecule has 0 amide bonds. The van der Waals surface area contributed by atoms with Crippen LogP contribution in [-0.4, -0.2) is 28.6 Å². The molecule has 1 aliphatic heterocycles. The lowest BCUT2D eigenvalue weighted by Crippen LogP contribution is -2.36. The van der Waals surface area contributed by atoms with Crippen molar-refractivity contribution in [2.75, 3.05) is 28.7 Å². The molecule has 0 saturated carbocycles. The van der Waals surface area contributed by atoms with Crippen molar-refractivity contribution in [1.82, 2.24) is 5.32 Å². The third kappa shape index (κ3) is 2.77. The number of halogens is 1. The number of rotatable bonds is 5. The van der Waals surface area contributed by atoms with Crippen molar-refractivity contribution in [3.8, 4) is 0 Å². The predicted octanol–water partition coefficient (Wildman–Crippen LogP) is 2.64. The largest absolute Gasteiger partial charge is 0.330 e. The molecular formula is C16H18FN3O2S. The number of benzene rings is 2. The van der Waals surface area contributed by atoms with E-state index >= 15 is 0 Å². The number of para-hydroxylation sites is 1. The first kappa shape index (κ1) is 15.8. The fourth-order valence-corrected chi connectivity index (χ4v) is 4.43. The van der Waals surface area contributed by atoms with E-state index in [4.69, 9.17) is 0 Å². The first-order valence-electron chi connectivity index (χ1n) is 7.38. The van der Waals surface area contributed by atoms with Crippen LogP contribution in [-0.2, 0) is 10.2 Å². The van der Waals surface area contributed by atoms with Gasteiger partial charge >= 0.3 is 10.2 Å². The van der Waals surface area contributed by atoms with E-state index in [0.717, 1.165) is 0 Å². The predicted molar refractivity (Wildman–Crippen MR) is 89.8 cm³/mol. The van der Waals surface area contributed by atoms with E-state index in [1.165, 1.54) is 26.8 Å². The highest BCUT2D eigenvalue weighted by atomic mass is 32.2. The zero-order valence-electron chi connectivity index (χ0n) is 12.7. The van der Waals surface area contributed by atoms with E-state index in [2.05, 4.69) is 5.32 Å². The highest BCUT2D eigenvalue weighted by Crippen LogP contribution is 2.45. The molecule has 7 heteroatoms. The first-order valence-corrected chi connectivity index (χ1v) is 8.77.